The molecule has 0 bridgehead atoms. The minimum Gasteiger partial charge on any atom is -0.354 e. The number of amides is 2. The Morgan fingerprint density at radius 2 is 1.53 bits per heavy atom. The summed E-state index contributed by atoms with van der Waals surface area (Å²) < 4.78 is 39.3. The van der Waals surface area contributed by atoms with E-state index in [0.717, 1.165) is 22.5 Å². The van der Waals surface area contributed by atoms with Crippen LogP contribution in [0, 0.1) is 11.7 Å². The van der Waals surface area contributed by atoms with E-state index in [4.69, 9.17) is 0 Å². The third-order valence-corrected chi connectivity index (χ3v) is 6.63. The highest BCUT2D eigenvalue weighted by Crippen LogP contribution is 2.14. The number of rotatable bonds is 12. The predicted octanol–water partition coefficient (Wildman–Crippen LogP) is 3.17. The smallest absolute Gasteiger partial charge is 0.242 e. The highest BCUT2D eigenvalue weighted by atomic mass is 32.2. The van der Waals surface area contributed by atoms with Gasteiger partial charge in [0.1, 0.15) is 11.9 Å². The summed E-state index contributed by atoms with van der Waals surface area (Å²) in [6.45, 7) is 5.83. The largest absolute Gasteiger partial charge is 0.354 e. The van der Waals surface area contributed by atoms with Crippen molar-refractivity contribution in [2.45, 2.75) is 46.3 Å². The van der Waals surface area contributed by atoms with Crippen molar-refractivity contribution < 1.29 is 22.4 Å². The van der Waals surface area contributed by atoms with Crippen LogP contribution in [-0.2, 0) is 32.7 Å². The highest BCUT2D eigenvalue weighted by molar-refractivity contribution is 7.88. The minimum atomic E-state index is -3.70. The molecule has 0 heterocycles. The molecule has 9 heteroatoms. The quantitative estimate of drug-likeness (QED) is 0.494. The molecule has 1 atom stereocenters. The molecule has 186 valence electrons. The zero-order valence-electron chi connectivity index (χ0n) is 20.2. The van der Waals surface area contributed by atoms with Gasteiger partial charge in [-0.3, -0.25) is 9.59 Å². The molecule has 0 aliphatic carbocycles. The van der Waals surface area contributed by atoms with Crippen molar-refractivity contribution in [2.24, 2.45) is 5.92 Å². The SMILES string of the molecule is CC(C)CCNC(=O)[C@H](C)N(Cc1ccc(F)cc1)C(=O)CN(Cc1ccccc1)S(C)(=O)=O. The lowest BCUT2D eigenvalue weighted by Gasteiger charge is -2.31. The fourth-order valence-electron chi connectivity index (χ4n) is 3.32. The molecule has 0 spiro atoms. The highest BCUT2D eigenvalue weighted by Gasteiger charge is 2.29. The minimum absolute atomic E-state index is 0.0325. The zero-order valence-corrected chi connectivity index (χ0v) is 21.0. The Morgan fingerprint density at radius 3 is 2.09 bits per heavy atom. The standard InChI is InChI=1S/C25H34FN3O4S/c1-19(2)14-15-27-25(31)20(3)29(17-22-10-12-23(26)13-11-22)24(30)18-28(34(4,32)33)16-21-8-6-5-7-9-21/h5-13,19-20H,14-18H2,1-4H3,(H,27,31)/t20-/m0/s1. The Bertz CT molecular complexity index is 1040. The molecule has 0 saturated heterocycles. The molecule has 0 aromatic heterocycles. The van der Waals surface area contributed by atoms with Crippen molar-refractivity contribution in [3.8, 4) is 0 Å². The molecular formula is C25H34FN3O4S. The summed E-state index contributed by atoms with van der Waals surface area (Å²) in [5.41, 5.74) is 1.37. The third kappa shape index (κ3) is 8.87. The predicted molar refractivity (Wildman–Crippen MR) is 131 cm³/mol. The van der Waals surface area contributed by atoms with E-state index in [1.807, 2.05) is 19.9 Å². The number of hydrogen-bond acceptors (Lipinski definition) is 4. The van der Waals surface area contributed by atoms with E-state index in [0.29, 0.717) is 18.0 Å². The molecule has 0 radical (unpaired) electrons. The van der Waals surface area contributed by atoms with Crippen LogP contribution >= 0.6 is 0 Å². The van der Waals surface area contributed by atoms with Gasteiger partial charge >= 0.3 is 0 Å². The lowest BCUT2D eigenvalue weighted by molar-refractivity contribution is -0.140. The van der Waals surface area contributed by atoms with Crippen LogP contribution in [0.2, 0.25) is 0 Å². The van der Waals surface area contributed by atoms with Gasteiger partial charge in [-0.1, -0.05) is 56.3 Å². The van der Waals surface area contributed by atoms with Crippen molar-refractivity contribution in [3.05, 3.63) is 71.5 Å². The topological polar surface area (TPSA) is 86.8 Å². The Hall–Kier alpha value is -2.78. The lowest BCUT2D eigenvalue weighted by atomic mass is 10.1. The first-order chi connectivity index (χ1) is 16.0. The number of carbonyl (C=O) groups excluding carboxylic acids is 2. The number of carbonyl (C=O) groups is 2. The molecule has 2 rings (SSSR count). The second kappa shape index (κ2) is 12.6. The Kier molecular flexibility index (Phi) is 10.2. The normalized spacial score (nSPS) is 12.6. The van der Waals surface area contributed by atoms with Crippen molar-refractivity contribution >= 4 is 21.8 Å². The molecule has 0 saturated carbocycles. The molecular weight excluding hydrogens is 457 g/mol. The molecule has 2 aromatic rings. The number of nitrogens with one attached hydrogen (secondary N) is 1. The van der Waals surface area contributed by atoms with Gasteiger partial charge in [0.05, 0.1) is 12.8 Å². The summed E-state index contributed by atoms with van der Waals surface area (Å²) >= 11 is 0. The van der Waals surface area contributed by atoms with Crippen molar-refractivity contribution in [3.63, 3.8) is 0 Å². The number of hydrogen-bond donors (Lipinski definition) is 1. The first-order valence-electron chi connectivity index (χ1n) is 11.3. The summed E-state index contributed by atoms with van der Waals surface area (Å²) in [6, 6.07) is 13.8. The van der Waals surface area contributed by atoms with Gasteiger partial charge in [0, 0.05) is 19.6 Å². The van der Waals surface area contributed by atoms with Crippen LogP contribution in [0.5, 0.6) is 0 Å². The summed E-state index contributed by atoms with van der Waals surface area (Å²) in [7, 11) is -3.70. The van der Waals surface area contributed by atoms with Gasteiger partial charge in [0.25, 0.3) is 0 Å². The summed E-state index contributed by atoms with van der Waals surface area (Å²) in [4.78, 5) is 27.5. The van der Waals surface area contributed by atoms with Gasteiger partial charge in [0.2, 0.25) is 21.8 Å². The second-order valence-electron chi connectivity index (χ2n) is 8.81. The second-order valence-corrected chi connectivity index (χ2v) is 10.8. The maximum Gasteiger partial charge on any atom is 0.242 e. The van der Waals surface area contributed by atoms with E-state index in [-0.39, 0.29) is 19.0 Å². The third-order valence-electron chi connectivity index (χ3n) is 5.44. The monoisotopic (exact) mass is 491 g/mol. The van der Waals surface area contributed by atoms with Crippen LogP contribution in [0.25, 0.3) is 0 Å². The molecule has 7 nitrogen and oxygen atoms in total. The van der Waals surface area contributed by atoms with Gasteiger partial charge < -0.3 is 10.2 Å². The average Bonchev–Trinajstić information content (AvgIpc) is 2.77. The van der Waals surface area contributed by atoms with E-state index in [9.17, 15) is 22.4 Å². The van der Waals surface area contributed by atoms with Crippen molar-refractivity contribution in [2.75, 3.05) is 19.3 Å². The van der Waals surface area contributed by atoms with E-state index in [2.05, 4.69) is 5.32 Å². The number of nitrogens with zero attached hydrogens (tertiary/aromatic N) is 2. The molecule has 0 fully saturated rings. The van der Waals surface area contributed by atoms with Crippen LogP contribution in [0.15, 0.2) is 54.6 Å². The van der Waals surface area contributed by atoms with Gasteiger partial charge in [0.15, 0.2) is 0 Å². The molecule has 2 aromatic carbocycles. The molecule has 34 heavy (non-hydrogen) atoms. The Morgan fingerprint density at radius 1 is 0.941 bits per heavy atom. The van der Waals surface area contributed by atoms with E-state index in [1.165, 1.54) is 29.2 Å². The first-order valence-corrected chi connectivity index (χ1v) is 13.1. The van der Waals surface area contributed by atoms with Crippen LogP contribution in [0.4, 0.5) is 4.39 Å². The van der Waals surface area contributed by atoms with Gasteiger partial charge in [-0.05, 0) is 42.5 Å². The number of benzene rings is 2. The van der Waals surface area contributed by atoms with Crippen LogP contribution in [0.3, 0.4) is 0 Å². The number of sulfonamides is 1. The van der Waals surface area contributed by atoms with E-state index >= 15 is 0 Å². The lowest BCUT2D eigenvalue weighted by Crippen LogP contribution is -2.51. The summed E-state index contributed by atoms with van der Waals surface area (Å²) in [6.07, 6.45) is 1.85. The van der Waals surface area contributed by atoms with Crippen molar-refractivity contribution in [1.82, 2.24) is 14.5 Å². The van der Waals surface area contributed by atoms with Gasteiger partial charge in [-0.15, -0.1) is 0 Å². The summed E-state index contributed by atoms with van der Waals surface area (Å²) in [5.74, 6) is -0.844. The maximum absolute atomic E-state index is 13.4. The van der Waals surface area contributed by atoms with Crippen molar-refractivity contribution in [1.29, 1.82) is 0 Å². The maximum atomic E-state index is 13.4. The average molecular weight is 492 g/mol. The zero-order chi connectivity index (χ0) is 25.3. The molecule has 0 aliphatic rings. The van der Waals surface area contributed by atoms with Gasteiger partial charge in [-0.2, -0.15) is 4.31 Å². The first kappa shape index (κ1) is 27.5. The van der Waals surface area contributed by atoms with E-state index < -0.39 is 34.3 Å². The molecule has 0 aliphatic heterocycles. The fourth-order valence-corrected chi connectivity index (χ4v) is 4.05. The van der Waals surface area contributed by atoms with E-state index in [1.54, 1.807) is 31.2 Å². The molecule has 2 amide bonds. The fraction of sp³-hybridized carbons (Fsp3) is 0.440. The van der Waals surface area contributed by atoms with Crippen LogP contribution in [0.1, 0.15) is 38.3 Å². The molecule has 1 N–H and O–H groups in total. The van der Waals surface area contributed by atoms with Gasteiger partial charge in [-0.25, -0.2) is 12.8 Å². The van der Waals surface area contributed by atoms with Crippen LogP contribution < -0.4 is 5.32 Å². The molecule has 0 unspecified atom stereocenters. The Labute approximate surface area is 202 Å². The Balaban J connectivity index is 2.24. The number of halogens is 1. The summed E-state index contributed by atoms with van der Waals surface area (Å²) in [5, 5.41) is 2.84. The van der Waals surface area contributed by atoms with Crippen LogP contribution in [-0.4, -0.2) is 54.8 Å².